The predicted molar refractivity (Wildman–Crippen MR) is 92.7 cm³/mol. The Labute approximate surface area is 138 Å². The number of anilines is 3. The van der Waals surface area contributed by atoms with Gasteiger partial charge in [0, 0.05) is 11.9 Å². The van der Waals surface area contributed by atoms with E-state index in [-0.39, 0.29) is 17.2 Å². The van der Waals surface area contributed by atoms with E-state index in [1.54, 1.807) is 24.4 Å². The summed E-state index contributed by atoms with van der Waals surface area (Å²) < 4.78 is 0. The number of nitrogen functional groups attached to an aromatic ring is 1. The number of nitrogens with two attached hydrogens (primary N) is 2. The molecule has 0 aliphatic heterocycles. The molecular weight excluding hydrogens is 304 g/mol. The van der Waals surface area contributed by atoms with Gasteiger partial charge in [0.1, 0.15) is 11.4 Å². The summed E-state index contributed by atoms with van der Waals surface area (Å²) in [5.74, 6) is -0.143. The molecule has 0 unspecified atom stereocenters. The van der Waals surface area contributed by atoms with Gasteiger partial charge in [-0.2, -0.15) is 0 Å². The third kappa shape index (κ3) is 3.14. The van der Waals surface area contributed by atoms with Gasteiger partial charge in [0.15, 0.2) is 17.3 Å². The lowest BCUT2D eigenvalue weighted by atomic mass is 10.2. The number of hydrogen-bond donors (Lipinski definition) is 3. The predicted octanol–water partition coefficient (Wildman–Crippen LogP) is 2.27. The lowest BCUT2D eigenvalue weighted by molar-refractivity contribution is 0.0996. The van der Waals surface area contributed by atoms with Gasteiger partial charge in [-0.15, -0.1) is 0 Å². The van der Waals surface area contributed by atoms with Crippen LogP contribution in [-0.4, -0.2) is 20.9 Å². The fourth-order valence-electron chi connectivity index (χ4n) is 2.14. The minimum Gasteiger partial charge on any atom is -0.394 e. The zero-order valence-electron chi connectivity index (χ0n) is 13.0. The van der Waals surface area contributed by atoms with Crippen LogP contribution in [0.2, 0.25) is 0 Å². The number of hydrogen-bond acceptors (Lipinski definition) is 6. The maximum absolute atomic E-state index is 11.7. The van der Waals surface area contributed by atoms with Crippen molar-refractivity contribution in [2.45, 2.75) is 6.92 Å². The molecule has 0 aliphatic rings. The molecule has 0 saturated carbocycles. The molecule has 1 amide bonds. The summed E-state index contributed by atoms with van der Waals surface area (Å²) in [6.07, 6.45) is 1.62. The van der Waals surface area contributed by atoms with Gasteiger partial charge in [0.2, 0.25) is 0 Å². The number of nitrogens with zero attached hydrogens (tertiary/aromatic N) is 3. The van der Waals surface area contributed by atoms with Crippen molar-refractivity contribution in [3.05, 3.63) is 59.9 Å². The number of aromatic nitrogens is 3. The smallest absolute Gasteiger partial charge is 0.269 e. The summed E-state index contributed by atoms with van der Waals surface area (Å²) in [6.45, 7) is 1.99. The second-order valence-corrected chi connectivity index (χ2v) is 5.23. The highest BCUT2D eigenvalue weighted by atomic mass is 16.1. The lowest BCUT2D eigenvalue weighted by Gasteiger charge is -2.12. The minimum atomic E-state index is -0.723. The molecule has 3 aromatic rings. The SMILES string of the molecule is Cc1ccc(Nc2nc(-c3ccccn3)nc(C(N)=O)c2N)cc1. The molecule has 3 rings (SSSR count). The Balaban J connectivity index is 2.08. The summed E-state index contributed by atoms with van der Waals surface area (Å²) in [7, 11) is 0. The summed E-state index contributed by atoms with van der Waals surface area (Å²) >= 11 is 0. The fraction of sp³-hybridized carbons (Fsp3) is 0.0588. The van der Waals surface area contributed by atoms with Gasteiger partial charge in [0.25, 0.3) is 5.91 Å². The second kappa shape index (κ2) is 6.33. The van der Waals surface area contributed by atoms with Crippen molar-refractivity contribution in [2.75, 3.05) is 11.1 Å². The third-order valence-electron chi connectivity index (χ3n) is 3.39. The topological polar surface area (TPSA) is 120 Å². The molecule has 0 saturated heterocycles. The van der Waals surface area contributed by atoms with Gasteiger partial charge in [-0.1, -0.05) is 23.8 Å². The highest BCUT2D eigenvalue weighted by molar-refractivity contribution is 5.99. The third-order valence-corrected chi connectivity index (χ3v) is 3.39. The number of nitrogens with one attached hydrogen (secondary N) is 1. The fourth-order valence-corrected chi connectivity index (χ4v) is 2.14. The molecule has 0 radical (unpaired) electrons. The van der Waals surface area contributed by atoms with Gasteiger partial charge >= 0.3 is 0 Å². The average molecular weight is 320 g/mol. The van der Waals surface area contributed by atoms with Crippen molar-refractivity contribution in [2.24, 2.45) is 5.73 Å². The van der Waals surface area contributed by atoms with Crippen LogP contribution in [0.1, 0.15) is 16.1 Å². The van der Waals surface area contributed by atoms with Gasteiger partial charge in [0.05, 0.1) is 0 Å². The van der Waals surface area contributed by atoms with Crippen molar-refractivity contribution in [3.63, 3.8) is 0 Å². The zero-order valence-corrected chi connectivity index (χ0v) is 13.0. The van der Waals surface area contributed by atoms with Crippen LogP contribution >= 0.6 is 0 Å². The Morgan fingerprint density at radius 3 is 2.46 bits per heavy atom. The van der Waals surface area contributed by atoms with Crippen LogP contribution in [0.25, 0.3) is 11.5 Å². The van der Waals surface area contributed by atoms with E-state index in [9.17, 15) is 4.79 Å². The Morgan fingerprint density at radius 2 is 1.83 bits per heavy atom. The standard InChI is InChI=1S/C17H16N6O/c1-10-5-7-11(8-6-10)21-17-13(18)14(15(19)24)22-16(23-17)12-4-2-3-9-20-12/h2-9H,18H2,1H3,(H2,19,24)(H,21,22,23). The quantitative estimate of drug-likeness (QED) is 0.678. The number of pyridine rings is 1. The monoisotopic (exact) mass is 320 g/mol. The molecular formula is C17H16N6O. The van der Waals surface area contributed by atoms with Crippen LogP contribution in [0.5, 0.6) is 0 Å². The molecule has 0 spiro atoms. The van der Waals surface area contributed by atoms with Crippen LogP contribution < -0.4 is 16.8 Å². The van der Waals surface area contributed by atoms with Gasteiger partial charge < -0.3 is 16.8 Å². The molecule has 7 heteroatoms. The van der Waals surface area contributed by atoms with Crippen molar-refractivity contribution in [3.8, 4) is 11.5 Å². The molecule has 120 valence electrons. The summed E-state index contributed by atoms with van der Waals surface area (Å²) in [4.78, 5) is 24.4. The Kier molecular flexibility index (Phi) is 4.07. The van der Waals surface area contributed by atoms with Gasteiger partial charge in [-0.05, 0) is 31.2 Å². The number of benzene rings is 1. The lowest BCUT2D eigenvalue weighted by Crippen LogP contribution is -2.18. The molecule has 0 fully saturated rings. The van der Waals surface area contributed by atoms with E-state index >= 15 is 0 Å². The zero-order chi connectivity index (χ0) is 17.1. The van der Waals surface area contributed by atoms with E-state index in [1.807, 2.05) is 31.2 Å². The van der Waals surface area contributed by atoms with Crippen LogP contribution in [0, 0.1) is 6.92 Å². The molecule has 7 nitrogen and oxygen atoms in total. The van der Waals surface area contributed by atoms with E-state index in [2.05, 4.69) is 20.3 Å². The number of amides is 1. The normalized spacial score (nSPS) is 10.4. The molecule has 24 heavy (non-hydrogen) atoms. The van der Waals surface area contributed by atoms with Crippen LogP contribution in [0.15, 0.2) is 48.7 Å². The van der Waals surface area contributed by atoms with Crippen LogP contribution in [0.4, 0.5) is 17.2 Å². The largest absolute Gasteiger partial charge is 0.394 e. The average Bonchev–Trinajstić information content (AvgIpc) is 2.59. The van der Waals surface area contributed by atoms with E-state index in [0.717, 1.165) is 11.3 Å². The number of rotatable bonds is 4. The Hall–Kier alpha value is -3.48. The maximum atomic E-state index is 11.7. The molecule has 0 bridgehead atoms. The van der Waals surface area contributed by atoms with Crippen LogP contribution in [-0.2, 0) is 0 Å². The minimum absolute atomic E-state index is 0.0414. The van der Waals surface area contributed by atoms with Crippen molar-refractivity contribution < 1.29 is 4.79 Å². The molecule has 0 aliphatic carbocycles. The van der Waals surface area contributed by atoms with E-state index < -0.39 is 5.91 Å². The summed E-state index contributed by atoms with van der Waals surface area (Å²) in [5.41, 5.74) is 13.9. The first-order valence-corrected chi connectivity index (χ1v) is 7.27. The molecule has 2 heterocycles. The summed E-state index contributed by atoms with van der Waals surface area (Å²) in [5, 5.41) is 3.09. The Morgan fingerprint density at radius 1 is 1.08 bits per heavy atom. The first-order chi connectivity index (χ1) is 11.5. The molecule has 1 aromatic carbocycles. The van der Waals surface area contributed by atoms with E-state index in [4.69, 9.17) is 11.5 Å². The Bertz CT molecular complexity index is 878. The summed E-state index contributed by atoms with van der Waals surface area (Å²) in [6, 6.07) is 13.0. The van der Waals surface area contributed by atoms with Gasteiger partial charge in [-0.3, -0.25) is 9.78 Å². The maximum Gasteiger partial charge on any atom is 0.269 e. The highest BCUT2D eigenvalue weighted by Gasteiger charge is 2.17. The number of carbonyl (C=O) groups is 1. The van der Waals surface area contributed by atoms with Crippen LogP contribution in [0.3, 0.4) is 0 Å². The first kappa shape index (κ1) is 15.4. The van der Waals surface area contributed by atoms with Gasteiger partial charge in [-0.25, -0.2) is 9.97 Å². The van der Waals surface area contributed by atoms with E-state index in [0.29, 0.717) is 11.5 Å². The number of aryl methyl sites for hydroxylation is 1. The van der Waals surface area contributed by atoms with Crippen molar-refractivity contribution in [1.82, 2.24) is 15.0 Å². The van der Waals surface area contributed by atoms with Crippen molar-refractivity contribution >= 4 is 23.1 Å². The first-order valence-electron chi connectivity index (χ1n) is 7.27. The molecule has 5 N–H and O–H groups in total. The number of carbonyl (C=O) groups excluding carboxylic acids is 1. The number of primary amides is 1. The second-order valence-electron chi connectivity index (χ2n) is 5.23. The highest BCUT2D eigenvalue weighted by Crippen LogP contribution is 2.26. The van der Waals surface area contributed by atoms with Crippen molar-refractivity contribution in [1.29, 1.82) is 0 Å². The van der Waals surface area contributed by atoms with E-state index in [1.165, 1.54) is 0 Å². The molecule has 2 aromatic heterocycles. The molecule has 0 atom stereocenters.